The summed E-state index contributed by atoms with van der Waals surface area (Å²) in [5.41, 5.74) is -0.977. The lowest BCUT2D eigenvalue weighted by Crippen LogP contribution is -2.56. The van der Waals surface area contributed by atoms with Gasteiger partial charge in [0.2, 0.25) is 0 Å². The van der Waals surface area contributed by atoms with E-state index in [4.69, 9.17) is 22.8 Å². The zero-order valence-electron chi connectivity index (χ0n) is 15.7. The van der Waals surface area contributed by atoms with Crippen LogP contribution in [0.25, 0.3) is 0 Å². The van der Waals surface area contributed by atoms with Gasteiger partial charge in [0.1, 0.15) is 0 Å². The van der Waals surface area contributed by atoms with Crippen molar-refractivity contribution in [1.29, 1.82) is 0 Å². The number of rotatable bonds is 1. The summed E-state index contributed by atoms with van der Waals surface area (Å²) in [5, 5.41) is 11.8. The maximum absolute atomic E-state index is 11.8. The van der Waals surface area contributed by atoms with E-state index < -0.39 is 5.60 Å². The molecule has 6 unspecified atom stereocenters. The molecule has 1 N–H and O–H groups in total. The molecular weight excluding hydrogens is 348 g/mol. The molecule has 0 aromatic carbocycles. The Bertz CT molecular complexity index is 679. The number of hydrogen-bond donors (Lipinski definition) is 1. The van der Waals surface area contributed by atoms with Crippen molar-refractivity contribution in [2.24, 2.45) is 35.0 Å². The van der Waals surface area contributed by atoms with Gasteiger partial charge in [0.15, 0.2) is 5.60 Å². The van der Waals surface area contributed by atoms with Gasteiger partial charge in [0, 0.05) is 23.3 Å². The molecule has 4 aliphatic rings. The Hall–Kier alpha value is -0.980. The molecule has 4 rings (SSSR count). The Morgan fingerprint density at radius 3 is 2.77 bits per heavy atom. The quantitative estimate of drug-likeness (QED) is 0.549. The van der Waals surface area contributed by atoms with Crippen LogP contribution in [0.15, 0.2) is 11.1 Å². The summed E-state index contributed by atoms with van der Waals surface area (Å²) >= 11 is 6.27. The number of esters is 1. The van der Waals surface area contributed by atoms with Gasteiger partial charge in [-0.15, -0.1) is 6.42 Å². The van der Waals surface area contributed by atoms with Crippen molar-refractivity contribution in [2.75, 3.05) is 0 Å². The van der Waals surface area contributed by atoms with Gasteiger partial charge in [-0.1, -0.05) is 30.5 Å². The van der Waals surface area contributed by atoms with Crippen molar-refractivity contribution >= 4 is 17.6 Å². The fourth-order valence-corrected chi connectivity index (χ4v) is 7.36. The van der Waals surface area contributed by atoms with Crippen molar-refractivity contribution in [3.63, 3.8) is 0 Å². The van der Waals surface area contributed by atoms with Gasteiger partial charge in [-0.3, -0.25) is 4.79 Å². The molecule has 26 heavy (non-hydrogen) atoms. The second-order valence-electron chi connectivity index (χ2n) is 9.19. The molecule has 0 amide bonds. The highest BCUT2D eigenvalue weighted by molar-refractivity contribution is 6.29. The van der Waals surface area contributed by atoms with E-state index in [9.17, 15) is 9.90 Å². The zero-order chi connectivity index (χ0) is 18.7. The largest absolute Gasteiger partial charge is 0.445 e. The lowest BCUT2D eigenvalue weighted by atomic mass is 9.49. The molecule has 0 saturated heterocycles. The van der Waals surface area contributed by atoms with Gasteiger partial charge in [-0.05, 0) is 68.6 Å². The third kappa shape index (κ3) is 2.49. The number of allylic oxidation sites excluding steroid dienone is 1. The van der Waals surface area contributed by atoms with E-state index in [0.29, 0.717) is 23.7 Å². The molecule has 3 nitrogen and oxygen atoms in total. The lowest BCUT2D eigenvalue weighted by Gasteiger charge is -2.57. The van der Waals surface area contributed by atoms with Gasteiger partial charge in [0.05, 0.1) is 6.10 Å². The highest BCUT2D eigenvalue weighted by Crippen LogP contribution is 2.66. The predicted octanol–water partition coefficient (Wildman–Crippen LogP) is 4.28. The molecule has 0 spiro atoms. The highest BCUT2D eigenvalue weighted by Gasteiger charge is 2.65. The molecule has 4 heteroatoms. The summed E-state index contributed by atoms with van der Waals surface area (Å²) in [4.78, 5) is 11.8. The van der Waals surface area contributed by atoms with Crippen LogP contribution in [0.5, 0.6) is 0 Å². The minimum atomic E-state index is -0.786. The molecule has 3 fully saturated rings. The van der Waals surface area contributed by atoms with E-state index in [2.05, 4.69) is 18.9 Å². The minimum Gasteiger partial charge on any atom is -0.445 e. The maximum atomic E-state index is 11.8. The van der Waals surface area contributed by atoms with E-state index in [0.717, 1.165) is 50.0 Å². The zero-order valence-corrected chi connectivity index (χ0v) is 16.5. The lowest BCUT2D eigenvalue weighted by molar-refractivity contribution is -0.171. The van der Waals surface area contributed by atoms with Crippen molar-refractivity contribution in [3.05, 3.63) is 11.1 Å². The summed E-state index contributed by atoms with van der Waals surface area (Å²) in [6, 6.07) is 0. The van der Waals surface area contributed by atoms with Gasteiger partial charge < -0.3 is 9.84 Å². The first-order valence-corrected chi connectivity index (χ1v) is 10.4. The van der Waals surface area contributed by atoms with Gasteiger partial charge in [-0.2, -0.15) is 0 Å². The molecule has 3 saturated carbocycles. The van der Waals surface area contributed by atoms with Crippen molar-refractivity contribution in [3.8, 4) is 12.3 Å². The first kappa shape index (κ1) is 18.4. The summed E-state index contributed by atoms with van der Waals surface area (Å²) in [5.74, 6) is 4.81. The fraction of sp³-hybridized carbons (Fsp3) is 0.773. The number of halogens is 1. The van der Waals surface area contributed by atoms with E-state index in [1.807, 2.05) is 0 Å². The number of aliphatic hydroxyl groups is 1. The number of carbonyl (C=O) groups excluding carboxylic acids is 1. The number of aliphatic hydroxyl groups excluding tert-OH is 1. The first-order valence-electron chi connectivity index (χ1n) is 10.0. The molecule has 8 atom stereocenters. The Kier molecular flexibility index (Phi) is 4.44. The SMILES string of the molecule is C#C[C@@]1(OC(C)=O)CCC2C3CC(O)C4C=C(Cl)CCC4C3CC[C@@]21C. The summed E-state index contributed by atoms with van der Waals surface area (Å²) < 4.78 is 5.78. The summed E-state index contributed by atoms with van der Waals surface area (Å²) in [6.07, 6.45) is 14.3. The molecule has 0 bridgehead atoms. The number of fused-ring (bicyclic) bond motifs is 5. The average molecular weight is 377 g/mol. The molecule has 0 aromatic heterocycles. The third-order valence-corrected chi connectivity index (χ3v) is 8.57. The van der Waals surface area contributed by atoms with Crippen LogP contribution in [0.2, 0.25) is 0 Å². The van der Waals surface area contributed by atoms with Crippen LogP contribution in [-0.2, 0) is 9.53 Å². The monoisotopic (exact) mass is 376 g/mol. The normalized spacial score (nSPS) is 49.9. The molecule has 0 aromatic rings. The average Bonchev–Trinajstić information content (AvgIpc) is 2.88. The van der Waals surface area contributed by atoms with Gasteiger partial charge in [0.25, 0.3) is 0 Å². The number of hydrogen-bond acceptors (Lipinski definition) is 3. The van der Waals surface area contributed by atoms with Crippen LogP contribution in [0.1, 0.15) is 58.8 Å². The molecular formula is C22H29ClO3. The van der Waals surface area contributed by atoms with Crippen LogP contribution < -0.4 is 0 Å². The standard InChI is InChI=1S/C22H29ClO3/c1-4-22(26-13(2)24)10-8-19-17-12-20(25)18-11-14(23)5-6-15(18)16(17)7-9-21(19,22)3/h1,11,15-20,25H,5-10,12H2,2-3H3/t15?,16?,17?,18?,19?,20?,21-,22+/m0/s1. The third-order valence-electron chi connectivity index (χ3n) is 8.26. The van der Waals surface area contributed by atoms with Crippen molar-refractivity contribution in [2.45, 2.75) is 70.5 Å². The Morgan fingerprint density at radius 2 is 2.08 bits per heavy atom. The smallest absolute Gasteiger partial charge is 0.304 e. The molecule has 4 aliphatic carbocycles. The summed E-state index contributed by atoms with van der Waals surface area (Å²) in [7, 11) is 0. The number of ether oxygens (including phenoxy) is 1. The molecule has 142 valence electrons. The summed E-state index contributed by atoms with van der Waals surface area (Å²) in [6.45, 7) is 3.67. The second-order valence-corrected chi connectivity index (χ2v) is 9.68. The van der Waals surface area contributed by atoms with Crippen molar-refractivity contribution < 1.29 is 14.6 Å². The van der Waals surface area contributed by atoms with Crippen LogP contribution in [0.3, 0.4) is 0 Å². The Morgan fingerprint density at radius 1 is 1.31 bits per heavy atom. The topological polar surface area (TPSA) is 46.5 Å². The van der Waals surface area contributed by atoms with E-state index in [1.165, 1.54) is 6.92 Å². The Balaban J connectivity index is 1.65. The minimum absolute atomic E-state index is 0.191. The van der Waals surface area contributed by atoms with E-state index >= 15 is 0 Å². The molecule has 0 radical (unpaired) electrons. The highest BCUT2D eigenvalue weighted by atomic mass is 35.5. The first-order chi connectivity index (χ1) is 12.3. The maximum Gasteiger partial charge on any atom is 0.304 e. The second kappa shape index (κ2) is 6.28. The molecule has 0 aliphatic heterocycles. The van der Waals surface area contributed by atoms with Crippen LogP contribution in [0.4, 0.5) is 0 Å². The fourth-order valence-electron chi connectivity index (χ4n) is 7.11. The van der Waals surface area contributed by atoms with Gasteiger partial charge in [-0.25, -0.2) is 0 Å². The van der Waals surface area contributed by atoms with E-state index in [1.54, 1.807) is 0 Å². The molecule has 0 heterocycles. The number of carbonyl (C=O) groups is 1. The predicted molar refractivity (Wildman–Crippen MR) is 101 cm³/mol. The Labute approximate surface area is 161 Å². The van der Waals surface area contributed by atoms with Gasteiger partial charge >= 0.3 is 5.97 Å². The number of terminal acetylenes is 1. The van der Waals surface area contributed by atoms with Crippen molar-refractivity contribution in [1.82, 2.24) is 0 Å². The van der Waals surface area contributed by atoms with Crippen LogP contribution in [-0.4, -0.2) is 22.8 Å². The van der Waals surface area contributed by atoms with E-state index in [-0.39, 0.29) is 23.4 Å². The van der Waals surface area contributed by atoms with Crippen LogP contribution in [0, 0.1) is 47.3 Å². The van der Waals surface area contributed by atoms with Crippen LogP contribution >= 0.6 is 11.6 Å².